The number of anilines is 1. The summed E-state index contributed by atoms with van der Waals surface area (Å²) >= 11 is 5.78. The number of pyridine rings is 1. The summed E-state index contributed by atoms with van der Waals surface area (Å²) in [6.45, 7) is 1.60. The lowest BCUT2D eigenvalue weighted by Crippen LogP contribution is -2.37. The molecule has 0 radical (unpaired) electrons. The van der Waals surface area contributed by atoms with Crippen molar-refractivity contribution in [3.05, 3.63) is 23.4 Å². The molecule has 0 aliphatic carbocycles. The van der Waals surface area contributed by atoms with Crippen LogP contribution in [0.15, 0.2) is 18.3 Å². The Labute approximate surface area is 105 Å². The number of hydrogen-bond acceptors (Lipinski definition) is 4. The van der Waals surface area contributed by atoms with Crippen LogP contribution in [0.2, 0.25) is 5.02 Å². The Kier molecular flexibility index (Phi) is 3.68. The van der Waals surface area contributed by atoms with Crippen LogP contribution in [0.5, 0.6) is 0 Å². The van der Waals surface area contributed by atoms with Crippen molar-refractivity contribution in [2.24, 2.45) is 0 Å². The molecule has 2 heterocycles. The number of hydrogen-bond donors (Lipinski definition) is 1. The van der Waals surface area contributed by atoms with Gasteiger partial charge in [0.1, 0.15) is 5.82 Å². The fraction of sp³-hybridized carbons (Fsp3) is 0.455. The maximum absolute atomic E-state index is 11.1. The van der Waals surface area contributed by atoms with Crippen LogP contribution in [0.3, 0.4) is 0 Å². The second kappa shape index (κ2) is 5.23. The molecule has 17 heavy (non-hydrogen) atoms. The van der Waals surface area contributed by atoms with Crippen LogP contribution in [0.4, 0.5) is 10.6 Å². The van der Waals surface area contributed by atoms with Crippen LogP contribution >= 0.6 is 11.6 Å². The normalized spacial score (nSPS) is 19.2. The Morgan fingerprint density at radius 3 is 3.12 bits per heavy atom. The van der Waals surface area contributed by atoms with Crippen molar-refractivity contribution >= 4 is 23.5 Å². The molecule has 1 saturated heterocycles. The summed E-state index contributed by atoms with van der Waals surface area (Å²) in [6, 6.07) is 3.80. The number of ether oxygens (including phenoxy) is 1. The zero-order valence-corrected chi connectivity index (χ0v) is 10.3. The van der Waals surface area contributed by atoms with Crippen LogP contribution in [-0.2, 0) is 4.74 Å². The molecule has 5 nitrogen and oxygen atoms in total. The summed E-state index contributed by atoms with van der Waals surface area (Å²) in [5.74, 6) is 0.878. The number of nitrogens with one attached hydrogen (secondary N) is 1. The van der Waals surface area contributed by atoms with Gasteiger partial charge in [0.2, 0.25) is 0 Å². The number of rotatable bonds is 2. The highest BCUT2D eigenvalue weighted by atomic mass is 35.5. The Morgan fingerprint density at radius 2 is 2.47 bits per heavy atom. The van der Waals surface area contributed by atoms with Gasteiger partial charge in [0, 0.05) is 19.3 Å². The first-order chi connectivity index (χ1) is 8.19. The van der Waals surface area contributed by atoms with Gasteiger partial charge in [0.25, 0.3) is 0 Å². The van der Waals surface area contributed by atoms with E-state index in [0.29, 0.717) is 5.02 Å². The molecule has 1 atom stereocenters. The van der Waals surface area contributed by atoms with E-state index in [0.717, 1.165) is 25.3 Å². The van der Waals surface area contributed by atoms with Crippen molar-refractivity contribution in [2.45, 2.75) is 12.5 Å². The standard InChI is InChI=1S/C11H14ClN3O2/c1-17-11(16)14-9-4-5-15(7-9)10-3-2-8(12)6-13-10/h2-3,6,9H,4-5,7H2,1H3,(H,14,16). The summed E-state index contributed by atoms with van der Waals surface area (Å²) in [5, 5.41) is 3.41. The van der Waals surface area contributed by atoms with E-state index in [-0.39, 0.29) is 12.1 Å². The minimum atomic E-state index is -0.388. The Bertz CT molecular complexity index is 396. The molecular weight excluding hydrogens is 242 g/mol. The molecule has 0 aromatic carbocycles. The van der Waals surface area contributed by atoms with Crippen molar-refractivity contribution in [1.82, 2.24) is 10.3 Å². The number of amides is 1. The molecule has 1 fully saturated rings. The third kappa shape index (κ3) is 3.00. The second-order valence-corrected chi connectivity index (χ2v) is 4.34. The predicted molar refractivity (Wildman–Crippen MR) is 65.4 cm³/mol. The number of methoxy groups -OCH3 is 1. The van der Waals surface area contributed by atoms with Crippen molar-refractivity contribution < 1.29 is 9.53 Å². The minimum Gasteiger partial charge on any atom is -0.453 e. The number of carbonyl (C=O) groups excluding carboxylic acids is 1. The van der Waals surface area contributed by atoms with E-state index >= 15 is 0 Å². The van der Waals surface area contributed by atoms with Crippen molar-refractivity contribution in [3.63, 3.8) is 0 Å². The summed E-state index contributed by atoms with van der Waals surface area (Å²) in [4.78, 5) is 17.4. The zero-order chi connectivity index (χ0) is 12.3. The van der Waals surface area contributed by atoms with Gasteiger partial charge < -0.3 is 15.0 Å². The Balaban J connectivity index is 1.93. The molecular formula is C11H14ClN3O2. The number of halogens is 1. The van der Waals surface area contributed by atoms with Crippen LogP contribution in [0.25, 0.3) is 0 Å². The van der Waals surface area contributed by atoms with E-state index < -0.39 is 0 Å². The average molecular weight is 256 g/mol. The minimum absolute atomic E-state index is 0.111. The third-order valence-electron chi connectivity index (χ3n) is 2.73. The number of aromatic nitrogens is 1. The number of alkyl carbamates (subject to hydrolysis) is 1. The lowest BCUT2D eigenvalue weighted by atomic mass is 10.3. The predicted octanol–water partition coefficient (Wildman–Crippen LogP) is 1.67. The highest BCUT2D eigenvalue weighted by Crippen LogP contribution is 2.19. The van der Waals surface area contributed by atoms with Gasteiger partial charge in [-0.05, 0) is 18.6 Å². The molecule has 1 N–H and O–H groups in total. The van der Waals surface area contributed by atoms with Crippen molar-refractivity contribution in [1.29, 1.82) is 0 Å². The molecule has 1 amide bonds. The molecule has 1 aromatic rings. The summed E-state index contributed by atoms with van der Waals surface area (Å²) in [6.07, 6.45) is 2.12. The van der Waals surface area contributed by atoms with Gasteiger partial charge in [-0.25, -0.2) is 9.78 Å². The zero-order valence-electron chi connectivity index (χ0n) is 9.52. The third-order valence-corrected chi connectivity index (χ3v) is 2.95. The maximum Gasteiger partial charge on any atom is 0.407 e. The smallest absolute Gasteiger partial charge is 0.407 e. The van der Waals surface area contributed by atoms with Gasteiger partial charge in [-0.3, -0.25) is 0 Å². The van der Waals surface area contributed by atoms with E-state index in [4.69, 9.17) is 11.6 Å². The molecule has 1 unspecified atom stereocenters. The largest absolute Gasteiger partial charge is 0.453 e. The molecule has 6 heteroatoms. The second-order valence-electron chi connectivity index (χ2n) is 3.90. The Hall–Kier alpha value is -1.49. The molecule has 1 aromatic heterocycles. The molecule has 1 aliphatic rings. The molecule has 0 spiro atoms. The van der Waals surface area contributed by atoms with E-state index in [1.165, 1.54) is 7.11 Å². The van der Waals surface area contributed by atoms with Crippen LogP contribution < -0.4 is 10.2 Å². The number of nitrogens with zero attached hydrogens (tertiary/aromatic N) is 2. The van der Waals surface area contributed by atoms with Gasteiger partial charge >= 0.3 is 6.09 Å². The molecule has 2 rings (SSSR count). The van der Waals surface area contributed by atoms with Gasteiger partial charge in [-0.2, -0.15) is 0 Å². The molecule has 0 bridgehead atoms. The SMILES string of the molecule is COC(=O)NC1CCN(c2ccc(Cl)cn2)C1. The summed E-state index contributed by atoms with van der Waals surface area (Å²) < 4.78 is 4.57. The highest BCUT2D eigenvalue weighted by Gasteiger charge is 2.24. The van der Waals surface area contributed by atoms with Crippen LogP contribution in [-0.4, -0.2) is 37.3 Å². The van der Waals surface area contributed by atoms with E-state index in [1.54, 1.807) is 6.20 Å². The topological polar surface area (TPSA) is 54.5 Å². The quantitative estimate of drug-likeness (QED) is 0.874. The lowest BCUT2D eigenvalue weighted by Gasteiger charge is -2.17. The lowest BCUT2D eigenvalue weighted by molar-refractivity contribution is 0.167. The monoisotopic (exact) mass is 255 g/mol. The summed E-state index contributed by atoms with van der Waals surface area (Å²) in [5.41, 5.74) is 0. The fourth-order valence-electron chi connectivity index (χ4n) is 1.87. The molecule has 92 valence electrons. The van der Waals surface area contributed by atoms with E-state index in [1.807, 2.05) is 12.1 Å². The summed E-state index contributed by atoms with van der Waals surface area (Å²) in [7, 11) is 1.36. The fourth-order valence-corrected chi connectivity index (χ4v) is 1.98. The highest BCUT2D eigenvalue weighted by molar-refractivity contribution is 6.30. The molecule has 1 aliphatic heterocycles. The van der Waals surface area contributed by atoms with Crippen molar-refractivity contribution in [2.75, 3.05) is 25.1 Å². The number of carbonyl (C=O) groups is 1. The van der Waals surface area contributed by atoms with Gasteiger partial charge in [0.05, 0.1) is 18.2 Å². The Morgan fingerprint density at radius 1 is 1.65 bits per heavy atom. The van der Waals surface area contributed by atoms with E-state index in [9.17, 15) is 4.79 Å². The van der Waals surface area contributed by atoms with Gasteiger partial charge in [-0.1, -0.05) is 11.6 Å². The van der Waals surface area contributed by atoms with Crippen LogP contribution in [0.1, 0.15) is 6.42 Å². The van der Waals surface area contributed by atoms with Crippen molar-refractivity contribution in [3.8, 4) is 0 Å². The van der Waals surface area contributed by atoms with Gasteiger partial charge in [-0.15, -0.1) is 0 Å². The van der Waals surface area contributed by atoms with Gasteiger partial charge in [0.15, 0.2) is 0 Å². The first kappa shape index (κ1) is 12.0. The first-order valence-corrected chi connectivity index (χ1v) is 5.78. The maximum atomic E-state index is 11.1. The molecule has 0 saturated carbocycles. The average Bonchev–Trinajstić information content (AvgIpc) is 2.78. The van der Waals surface area contributed by atoms with E-state index in [2.05, 4.69) is 19.9 Å². The van der Waals surface area contributed by atoms with Crippen LogP contribution in [0, 0.1) is 0 Å². The first-order valence-electron chi connectivity index (χ1n) is 5.40.